The quantitative estimate of drug-likeness (QED) is 0.785. The maximum atomic E-state index is 12.5. The molecule has 1 atom stereocenters. The lowest BCUT2D eigenvalue weighted by molar-refractivity contribution is -0.925. The summed E-state index contributed by atoms with van der Waals surface area (Å²) in [5.74, 6) is 1.38. The highest BCUT2D eigenvalue weighted by atomic mass is 32.2. The van der Waals surface area contributed by atoms with Crippen molar-refractivity contribution >= 4 is 15.7 Å². The molecule has 2 heterocycles. The van der Waals surface area contributed by atoms with E-state index in [1.54, 1.807) is 31.4 Å². The molecule has 0 spiro atoms. The smallest absolute Gasteiger partial charge is 0.254 e. The van der Waals surface area contributed by atoms with Crippen LogP contribution in [-0.4, -0.2) is 70.1 Å². The fraction of sp³-hybridized carbons (Fsp3) is 0.562. The zero-order chi connectivity index (χ0) is 16.4. The first kappa shape index (κ1) is 16.3. The number of ether oxygens (including phenoxy) is 1. The number of nitrogens with zero attached hydrogens (tertiary/aromatic N) is 1. The molecule has 0 saturated carbocycles. The van der Waals surface area contributed by atoms with Crippen LogP contribution in [0.2, 0.25) is 0 Å². The number of quaternary nitrogens is 1. The first-order chi connectivity index (χ1) is 11.0. The summed E-state index contributed by atoms with van der Waals surface area (Å²) < 4.78 is 28.3. The number of sulfone groups is 1. The predicted octanol–water partition coefficient (Wildman–Crippen LogP) is -0.777. The molecular weight excluding hydrogens is 316 g/mol. The third-order valence-electron chi connectivity index (χ3n) is 4.84. The molecule has 2 saturated heterocycles. The van der Waals surface area contributed by atoms with Crippen molar-refractivity contribution in [1.29, 1.82) is 0 Å². The summed E-state index contributed by atoms with van der Waals surface area (Å²) >= 11 is 0. The van der Waals surface area contributed by atoms with Gasteiger partial charge in [-0.05, 0) is 24.3 Å². The Balaban J connectivity index is 1.57. The summed E-state index contributed by atoms with van der Waals surface area (Å²) in [6.07, 6.45) is 0.754. The van der Waals surface area contributed by atoms with E-state index in [-0.39, 0.29) is 11.9 Å². The maximum Gasteiger partial charge on any atom is 0.254 e. The first-order valence-corrected chi connectivity index (χ1v) is 9.79. The van der Waals surface area contributed by atoms with Crippen LogP contribution in [0.3, 0.4) is 0 Å². The molecule has 0 unspecified atom stereocenters. The summed E-state index contributed by atoms with van der Waals surface area (Å²) in [5, 5.41) is 0. The molecule has 6 nitrogen and oxygen atoms in total. The number of hydrogen-bond acceptors (Lipinski definition) is 4. The van der Waals surface area contributed by atoms with E-state index in [0.717, 1.165) is 25.3 Å². The van der Waals surface area contributed by atoms with E-state index in [9.17, 15) is 13.2 Å². The number of hydrogen-bond donors (Lipinski definition) is 1. The topological polar surface area (TPSA) is 68.1 Å². The van der Waals surface area contributed by atoms with Crippen molar-refractivity contribution in [2.75, 3.05) is 44.8 Å². The summed E-state index contributed by atoms with van der Waals surface area (Å²) in [7, 11) is -1.24. The van der Waals surface area contributed by atoms with Gasteiger partial charge in [-0.15, -0.1) is 0 Å². The summed E-state index contributed by atoms with van der Waals surface area (Å²) in [6, 6.07) is 7.35. The second-order valence-electron chi connectivity index (χ2n) is 6.28. The van der Waals surface area contributed by atoms with E-state index in [2.05, 4.69) is 0 Å². The van der Waals surface area contributed by atoms with Gasteiger partial charge in [0.05, 0.1) is 39.0 Å². The molecule has 0 radical (unpaired) electrons. The van der Waals surface area contributed by atoms with Crippen molar-refractivity contribution < 1.29 is 22.8 Å². The van der Waals surface area contributed by atoms with Crippen LogP contribution < -0.4 is 9.64 Å². The van der Waals surface area contributed by atoms with Gasteiger partial charge < -0.3 is 14.5 Å². The Morgan fingerprint density at radius 3 is 2.39 bits per heavy atom. The van der Waals surface area contributed by atoms with Crippen molar-refractivity contribution in [3.05, 3.63) is 29.8 Å². The standard InChI is InChI=1S/C16H22N2O4S/c1-22-15-4-2-13(3-5-15)16(19)18-9-7-17(8-10-18)14-6-11-23(20,21)12-14/h2-5,14H,6-12H2,1H3/p+1/t14-/m1/s1. The summed E-state index contributed by atoms with van der Waals surface area (Å²) in [5.41, 5.74) is 0.665. The normalized spacial score (nSPS) is 24.6. The second-order valence-corrected chi connectivity index (χ2v) is 8.51. The molecular formula is C16H23N2O4S+. The lowest BCUT2D eigenvalue weighted by Gasteiger charge is -2.35. The summed E-state index contributed by atoms with van der Waals surface area (Å²) in [6.45, 7) is 3.00. The molecule has 2 aliphatic rings. The van der Waals surface area contributed by atoms with Crippen LogP contribution in [0.1, 0.15) is 16.8 Å². The van der Waals surface area contributed by atoms with Gasteiger partial charge in [0.15, 0.2) is 9.84 Å². The second kappa shape index (κ2) is 6.49. The van der Waals surface area contributed by atoms with Gasteiger partial charge in [-0.2, -0.15) is 0 Å². The van der Waals surface area contributed by atoms with Crippen LogP contribution in [0.4, 0.5) is 0 Å². The highest BCUT2D eigenvalue weighted by molar-refractivity contribution is 7.91. The Morgan fingerprint density at radius 2 is 1.87 bits per heavy atom. The molecule has 2 aliphatic heterocycles. The number of benzene rings is 1. The van der Waals surface area contributed by atoms with Gasteiger partial charge in [0, 0.05) is 12.0 Å². The van der Waals surface area contributed by atoms with Crippen LogP contribution in [0, 0.1) is 0 Å². The van der Waals surface area contributed by atoms with Gasteiger partial charge in [0.1, 0.15) is 17.5 Å². The van der Waals surface area contributed by atoms with E-state index in [1.165, 1.54) is 4.90 Å². The lowest BCUT2D eigenvalue weighted by atomic mass is 10.1. The Kier molecular flexibility index (Phi) is 4.59. The molecule has 0 bridgehead atoms. The number of carbonyl (C=O) groups is 1. The predicted molar refractivity (Wildman–Crippen MR) is 86.7 cm³/mol. The molecule has 7 heteroatoms. The molecule has 0 aliphatic carbocycles. The van der Waals surface area contributed by atoms with E-state index in [4.69, 9.17) is 4.74 Å². The van der Waals surface area contributed by atoms with Crippen LogP contribution in [-0.2, 0) is 9.84 Å². The highest BCUT2D eigenvalue weighted by Gasteiger charge is 2.37. The van der Waals surface area contributed by atoms with Crippen LogP contribution in [0.25, 0.3) is 0 Å². The Morgan fingerprint density at radius 1 is 1.22 bits per heavy atom. The number of rotatable bonds is 3. The fourth-order valence-electron chi connectivity index (χ4n) is 3.44. The fourth-order valence-corrected chi connectivity index (χ4v) is 5.26. The number of piperazine rings is 1. The van der Waals surface area contributed by atoms with Crippen LogP contribution in [0.5, 0.6) is 5.75 Å². The summed E-state index contributed by atoms with van der Waals surface area (Å²) in [4.78, 5) is 15.7. The lowest BCUT2D eigenvalue weighted by Crippen LogP contribution is -3.18. The van der Waals surface area contributed by atoms with Gasteiger partial charge in [-0.25, -0.2) is 8.42 Å². The Bertz CT molecular complexity index is 664. The van der Waals surface area contributed by atoms with Gasteiger partial charge in [0.2, 0.25) is 0 Å². The van der Waals surface area contributed by atoms with Gasteiger partial charge in [-0.1, -0.05) is 0 Å². The van der Waals surface area contributed by atoms with E-state index in [1.807, 2.05) is 4.90 Å². The molecule has 126 valence electrons. The van der Waals surface area contributed by atoms with Crippen molar-refractivity contribution in [2.45, 2.75) is 12.5 Å². The van der Waals surface area contributed by atoms with E-state index in [0.29, 0.717) is 30.2 Å². The van der Waals surface area contributed by atoms with Crippen molar-refractivity contribution in [3.8, 4) is 5.75 Å². The molecule has 1 aromatic rings. The minimum Gasteiger partial charge on any atom is -0.497 e. The third-order valence-corrected chi connectivity index (χ3v) is 6.61. The van der Waals surface area contributed by atoms with E-state index >= 15 is 0 Å². The minimum absolute atomic E-state index is 0.0331. The largest absolute Gasteiger partial charge is 0.497 e. The third kappa shape index (κ3) is 3.67. The van der Waals surface area contributed by atoms with E-state index < -0.39 is 9.84 Å². The number of methoxy groups -OCH3 is 1. The monoisotopic (exact) mass is 339 g/mol. The molecule has 1 aromatic carbocycles. The Labute approximate surface area is 136 Å². The Hall–Kier alpha value is -1.60. The van der Waals surface area contributed by atoms with Gasteiger partial charge in [-0.3, -0.25) is 4.79 Å². The molecule has 2 fully saturated rings. The molecule has 23 heavy (non-hydrogen) atoms. The van der Waals surface area contributed by atoms with Crippen LogP contribution >= 0.6 is 0 Å². The molecule has 1 N–H and O–H groups in total. The molecule has 3 rings (SSSR count). The van der Waals surface area contributed by atoms with Gasteiger partial charge >= 0.3 is 0 Å². The number of amides is 1. The average molecular weight is 339 g/mol. The average Bonchev–Trinajstić information content (AvgIpc) is 2.94. The van der Waals surface area contributed by atoms with Crippen LogP contribution in [0.15, 0.2) is 24.3 Å². The molecule has 0 aromatic heterocycles. The molecule has 1 amide bonds. The SMILES string of the molecule is COc1ccc(C(=O)N2CC[NH+]([C@@H]3CCS(=O)(=O)C3)CC2)cc1. The minimum atomic E-state index is -2.84. The number of carbonyl (C=O) groups excluding carboxylic acids is 1. The maximum absolute atomic E-state index is 12.5. The highest BCUT2D eigenvalue weighted by Crippen LogP contribution is 2.14. The van der Waals surface area contributed by atoms with Crippen molar-refractivity contribution in [3.63, 3.8) is 0 Å². The van der Waals surface area contributed by atoms with Crippen molar-refractivity contribution in [2.24, 2.45) is 0 Å². The number of nitrogens with one attached hydrogen (secondary N) is 1. The van der Waals surface area contributed by atoms with Gasteiger partial charge in [0.25, 0.3) is 5.91 Å². The zero-order valence-corrected chi connectivity index (χ0v) is 14.1. The zero-order valence-electron chi connectivity index (χ0n) is 13.3. The first-order valence-electron chi connectivity index (χ1n) is 7.97. The van der Waals surface area contributed by atoms with Crippen molar-refractivity contribution in [1.82, 2.24) is 4.90 Å².